The molecular formula is C9H10ClN5. The van der Waals surface area contributed by atoms with E-state index in [1.165, 1.54) is 0 Å². The molecule has 0 aliphatic heterocycles. The molecule has 0 aromatic carbocycles. The molecule has 0 aliphatic rings. The predicted molar refractivity (Wildman–Crippen MR) is 57.5 cm³/mol. The van der Waals surface area contributed by atoms with Crippen molar-refractivity contribution in [3.8, 4) is 0 Å². The van der Waals surface area contributed by atoms with Crippen molar-refractivity contribution < 1.29 is 0 Å². The third-order valence-electron chi connectivity index (χ3n) is 1.89. The van der Waals surface area contributed by atoms with Gasteiger partial charge in [0.1, 0.15) is 17.4 Å². The van der Waals surface area contributed by atoms with Crippen LogP contribution in [0.5, 0.6) is 0 Å². The number of nitrogens with zero attached hydrogens (tertiary/aromatic N) is 4. The third kappa shape index (κ3) is 2.24. The van der Waals surface area contributed by atoms with E-state index in [1.54, 1.807) is 17.1 Å². The minimum absolute atomic E-state index is 0.323. The molecule has 0 bridgehead atoms. The van der Waals surface area contributed by atoms with E-state index >= 15 is 0 Å². The van der Waals surface area contributed by atoms with Crippen LogP contribution in [-0.2, 0) is 6.54 Å². The molecule has 5 nitrogen and oxygen atoms in total. The lowest BCUT2D eigenvalue weighted by Crippen LogP contribution is -2.05. The molecule has 0 saturated heterocycles. The van der Waals surface area contributed by atoms with Gasteiger partial charge in [0.25, 0.3) is 0 Å². The molecule has 2 rings (SSSR count). The molecule has 0 radical (unpaired) electrons. The van der Waals surface area contributed by atoms with E-state index in [0.717, 1.165) is 5.69 Å². The highest BCUT2D eigenvalue weighted by Gasteiger charge is 2.04. The maximum Gasteiger partial charge on any atom is 0.164 e. The topological polar surface area (TPSA) is 69.6 Å². The first-order chi connectivity index (χ1) is 7.15. The largest absolute Gasteiger partial charge is 0.381 e. The number of aryl methyl sites for hydroxylation is 1. The molecule has 0 fully saturated rings. The van der Waals surface area contributed by atoms with E-state index in [9.17, 15) is 0 Å². The van der Waals surface area contributed by atoms with Crippen LogP contribution in [0.2, 0.25) is 5.02 Å². The van der Waals surface area contributed by atoms with Crippen LogP contribution < -0.4 is 5.73 Å². The van der Waals surface area contributed by atoms with Gasteiger partial charge in [0.2, 0.25) is 0 Å². The first-order valence-electron chi connectivity index (χ1n) is 4.42. The molecule has 6 heteroatoms. The van der Waals surface area contributed by atoms with Crippen LogP contribution in [0.3, 0.4) is 0 Å². The van der Waals surface area contributed by atoms with Crippen LogP contribution >= 0.6 is 11.6 Å². The average Bonchev–Trinajstić information content (AvgIpc) is 2.45. The summed E-state index contributed by atoms with van der Waals surface area (Å²) in [4.78, 5) is 8.37. The molecule has 0 spiro atoms. The van der Waals surface area contributed by atoms with E-state index < -0.39 is 0 Å². The maximum atomic E-state index is 5.78. The Balaban J connectivity index is 2.22. The van der Waals surface area contributed by atoms with Crippen molar-refractivity contribution in [2.45, 2.75) is 13.5 Å². The summed E-state index contributed by atoms with van der Waals surface area (Å²) in [6.07, 6.45) is 3.37. The molecule has 2 aromatic rings. The third-order valence-corrected chi connectivity index (χ3v) is 2.18. The predicted octanol–water partition coefficient (Wildman–Crippen LogP) is 1.27. The van der Waals surface area contributed by atoms with Crippen molar-refractivity contribution in [1.82, 2.24) is 19.7 Å². The van der Waals surface area contributed by atoms with Crippen LogP contribution in [0.1, 0.15) is 11.5 Å². The lowest BCUT2D eigenvalue weighted by Gasteiger charge is -2.00. The number of hydrogen-bond acceptors (Lipinski definition) is 4. The van der Waals surface area contributed by atoms with Gasteiger partial charge in [-0.25, -0.2) is 9.97 Å². The Morgan fingerprint density at radius 2 is 2.33 bits per heavy atom. The Hall–Kier alpha value is -1.62. The fourth-order valence-corrected chi connectivity index (χ4v) is 1.37. The fraction of sp³-hybridized carbons (Fsp3) is 0.222. The number of nitrogens with two attached hydrogens (primary N) is 1. The Morgan fingerprint density at radius 1 is 1.53 bits per heavy atom. The number of aromatic nitrogens is 4. The van der Waals surface area contributed by atoms with Gasteiger partial charge in [-0.1, -0.05) is 11.6 Å². The van der Waals surface area contributed by atoms with Gasteiger partial charge < -0.3 is 5.73 Å². The lowest BCUT2D eigenvalue weighted by molar-refractivity contribution is 0.655. The average molecular weight is 224 g/mol. The quantitative estimate of drug-likeness (QED) is 0.832. The summed E-state index contributed by atoms with van der Waals surface area (Å²) in [5, 5.41) is 4.46. The minimum Gasteiger partial charge on any atom is -0.381 e. The highest BCUT2D eigenvalue weighted by atomic mass is 35.5. The molecule has 2 N–H and O–H groups in total. The zero-order valence-corrected chi connectivity index (χ0v) is 8.94. The Morgan fingerprint density at radius 3 is 2.93 bits per heavy atom. The normalized spacial score (nSPS) is 10.5. The van der Waals surface area contributed by atoms with Crippen molar-refractivity contribution in [3.63, 3.8) is 0 Å². The van der Waals surface area contributed by atoms with Gasteiger partial charge in [-0.05, 0) is 13.0 Å². The Labute approximate surface area is 91.9 Å². The molecule has 0 aliphatic carbocycles. The van der Waals surface area contributed by atoms with Crippen LogP contribution in [0.4, 0.5) is 5.82 Å². The zero-order valence-electron chi connectivity index (χ0n) is 8.18. The number of nitrogen functional groups attached to an aromatic ring is 1. The summed E-state index contributed by atoms with van der Waals surface area (Å²) in [5.74, 6) is 1.01. The minimum atomic E-state index is 0.323. The first kappa shape index (κ1) is 9.92. The second-order valence-corrected chi connectivity index (χ2v) is 3.58. The number of anilines is 1. The van der Waals surface area contributed by atoms with Gasteiger partial charge in [0, 0.05) is 18.1 Å². The van der Waals surface area contributed by atoms with Crippen LogP contribution in [0, 0.1) is 6.92 Å². The van der Waals surface area contributed by atoms with Gasteiger partial charge in [-0.2, -0.15) is 5.10 Å². The maximum absolute atomic E-state index is 5.78. The van der Waals surface area contributed by atoms with Gasteiger partial charge in [-0.15, -0.1) is 0 Å². The van der Waals surface area contributed by atoms with Gasteiger partial charge in [-0.3, -0.25) is 4.68 Å². The zero-order chi connectivity index (χ0) is 10.8. The van der Waals surface area contributed by atoms with Crippen molar-refractivity contribution in [2.24, 2.45) is 0 Å². The molecule has 15 heavy (non-hydrogen) atoms. The lowest BCUT2D eigenvalue weighted by atomic mass is 10.4. The van der Waals surface area contributed by atoms with Gasteiger partial charge in [0.15, 0.2) is 5.82 Å². The molecule has 2 aromatic heterocycles. The Kier molecular flexibility index (Phi) is 2.55. The van der Waals surface area contributed by atoms with Crippen LogP contribution in [0.25, 0.3) is 0 Å². The first-order valence-corrected chi connectivity index (χ1v) is 4.80. The molecule has 0 atom stereocenters. The fourth-order valence-electron chi connectivity index (χ4n) is 1.21. The smallest absolute Gasteiger partial charge is 0.164 e. The van der Waals surface area contributed by atoms with Crippen molar-refractivity contribution in [3.05, 3.63) is 35.0 Å². The number of halogens is 1. The molecule has 0 unspecified atom stereocenters. The molecule has 78 valence electrons. The standard InChI is InChI=1S/C9H10ClN5/c1-6-2-3-12-8(13-6)5-15-4-7(10)9(11)14-15/h2-4H,5H2,1H3,(H2,11,14). The van der Waals surface area contributed by atoms with Crippen molar-refractivity contribution >= 4 is 17.4 Å². The van der Waals surface area contributed by atoms with E-state index in [1.807, 2.05) is 13.0 Å². The highest BCUT2D eigenvalue weighted by Crippen LogP contribution is 2.15. The van der Waals surface area contributed by atoms with Crippen LogP contribution in [-0.4, -0.2) is 19.7 Å². The SMILES string of the molecule is Cc1ccnc(Cn2cc(Cl)c(N)n2)n1. The molecule has 0 amide bonds. The van der Waals surface area contributed by atoms with E-state index in [-0.39, 0.29) is 0 Å². The van der Waals surface area contributed by atoms with Gasteiger partial charge >= 0.3 is 0 Å². The molecular weight excluding hydrogens is 214 g/mol. The van der Waals surface area contributed by atoms with Crippen molar-refractivity contribution in [1.29, 1.82) is 0 Å². The van der Waals surface area contributed by atoms with E-state index in [2.05, 4.69) is 15.1 Å². The van der Waals surface area contributed by atoms with Crippen molar-refractivity contribution in [2.75, 3.05) is 5.73 Å². The molecule has 0 saturated carbocycles. The summed E-state index contributed by atoms with van der Waals surface area (Å²) in [6.45, 7) is 2.38. The highest BCUT2D eigenvalue weighted by molar-refractivity contribution is 6.32. The summed E-state index contributed by atoms with van der Waals surface area (Å²) < 4.78 is 1.62. The number of hydrogen-bond donors (Lipinski definition) is 1. The second-order valence-electron chi connectivity index (χ2n) is 3.17. The monoisotopic (exact) mass is 223 g/mol. The van der Waals surface area contributed by atoms with Crippen LogP contribution in [0.15, 0.2) is 18.5 Å². The molecule has 2 heterocycles. The van der Waals surface area contributed by atoms with E-state index in [4.69, 9.17) is 17.3 Å². The summed E-state index contributed by atoms with van der Waals surface area (Å²) >= 11 is 5.78. The number of rotatable bonds is 2. The summed E-state index contributed by atoms with van der Waals surface area (Å²) in [7, 11) is 0. The summed E-state index contributed by atoms with van der Waals surface area (Å²) in [6, 6.07) is 1.84. The van der Waals surface area contributed by atoms with Gasteiger partial charge in [0.05, 0.1) is 0 Å². The second kappa shape index (κ2) is 3.86. The Bertz CT molecular complexity index is 460. The van der Waals surface area contributed by atoms with E-state index in [0.29, 0.717) is 23.2 Å². The summed E-state index contributed by atoms with van der Waals surface area (Å²) in [5.41, 5.74) is 6.44.